The maximum Gasteiger partial charge on any atom is 0.194 e. The van der Waals surface area contributed by atoms with Crippen LogP contribution in [-0.2, 0) is 17.8 Å². The molecule has 27 heavy (non-hydrogen) atoms. The number of nitrogens with zero attached hydrogens (tertiary/aromatic N) is 3. The second-order valence-electron chi connectivity index (χ2n) is 7.22. The van der Waals surface area contributed by atoms with Crippen molar-refractivity contribution in [2.24, 2.45) is 4.99 Å². The summed E-state index contributed by atoms with van der Waals surface area (Å²) in [4.78, 5) is 9.81. The van der Waals surface area contributed by atoms with Gasteiger partial charge >= 0.3 is 0 Å². The Morgan fingerprint density at radius 3 is 2.59 bits per heavy atom. The van der Waals surface area contributed by atoms with Gasteiger partial charge in [0.2, 0.25) is 0 Å². The number of aliphatic imine (C=N–C) groups is 1. The molecule has 6 heteroatoms. The lowest BCUT2D eigenvalue weighted by Crippen LogP contribution is -2.48. The number of thioether (sulfide) groups is 1. The smallest absolute Gasteiger partial charge is 0.194 e. The van der Waals surface area contributed by atoms with E-state index < -0.39 is 0 Å². The number of hydrogen-bond acceptors (Lipinski definition) is 4. The second-order valence-corrected chi connectivity index (χ2v) is 8.63. The molecule has 2 fully saturated rings. The van der Waals surface area contributed by atoms with E-state index in [1.54, 1.807) is 0 Å². The molecule has 1 N–H and O–H groups in total. The van der Waals surface area contributed by atoms with Gasteiger partial charge in [0.25, 0.3) is 0 Å². The Bertz CT molecular complexity index is 586. The molecule has 0 bridgehead atoms. The maximum absolute atomic E-state index is 5.43. The molecule has 150 valence electrons. The summed E-state index contributed by atoms with van der Waals surface area (Å²) in [5.41, 5.74) is 2.64. The van der Waals surface area contributed by atoms with Crippen LogP contribution in [0.4, 0.5) is 0 Å². The topological polar surface area (TPSA) is 40.1 Å². The van der Waals surface area contributed by atoms with E-state index in [1.807, 2.05) is 0 Å². The number of ether oxygens (including phenoxy) is 1. The number of guanidine groups is 1. The normalized spacial score (nSPS) is 22.1. The lowest BCUT2D eigenvalue weighted by molar-refractivity contribution is 0.0342. The molecule has 0 radical (unpaired) electrons. The Hall–Kier alpha value is -1.24. The molecule has 1 aromatic rings. The first-order chi connectivity index (χ1) is 13.3. The first kappa shape index (κ1) is 20.5. The SMILES string of the molecule is CCNC(=NCc1ccc(CN2CCOCC2)cc1)N1CCSC(CC)C1. The van der Waals surface area contributed by atoms with Crippen LogP contribution in [0.1, 0.15) is 31.4 Å². The molecule has 1 atom stereocenters. The van der Waals surface area contributed by atoms with E-state index in [0.717, 1.165) is 70.2 Å². The summed E-state index contributed by atoms with van der Waals surface area (Å²) in [6.07, 6.45) is 1.23. The average molecular weight is 391 g/mol. The molecule has 5 nitrogen and oxygen atoms in total. The van der Waals surface area contributed by atoms with Gasteiger partial charge in [-0.05, 0) is 24.5 Å². The number of morpholine rings is 1. The molecule has 0 spiro atoms. The molecule has 3 rings (SSSR count). The molecular weight excluding hydrogens is 356 g/mol. The van der Waals surface area contributed by atoms with E-state index in [0.29, 0.717) is 0 Å². The van der Waals surface area contributed by atoms with Gasteiger partial charge in [0.15, 0.2) is 5.96 Å². The molecule has 1 unspecified atom stereocenters. The Morgan fingerprint density at radius 1 is 1.15 bits per heavy atom. The third kappa shape index (κ3) is 6.40. The van der Waals surface area contributed by atoms with E-state index in [-0.39, 0.29) is 0 Å². The van der Waals surface area contributed by atoms with Crippen molar-refractivity contribution in [2.45, 2.75) is 38.6 Å². The van der Waals surface area contributed by atoms with Crippen molar-refractivity contribution >= 4 is 17.7 Å². The summed E-state index contributed by atoms with van der Waals surface area (Å²) in [5, 5.41) is 4.21. The van der Waals surface area contributed by atoms with Gasteiger partial charge in [0, 0.05) is 50.3 Å². The minimum absolute atomic E-state index is 0.724. The van der Waals surface area contributed by atoms with Crippen LogP contribution in [0.5, 0.6) is 0 Å². The minimum Gasteiger partial charge on any atom is -0.379 e. The van der Waals surface area contributed by atoms with Crippen LogP contribution in [0.25, 0.3) is 0 Å². The van der Waals surface area contributed by atoms with Gasteiger partial charge in [-0.2, -0.15) is 11.8 Å². The van der Waals surface area contributed by atoms with Gasteiger partial charge in [-0.15, -0.1) is 0 Å². The molecule has 0 aromatic heterocycles. The van der Waals surface area contributed by atoms with Crippen LogP contribution in [-0.4, -0.2) is 72.7 Å². The van der Waals surface area contributed by atoms with Gasteiger partial charge < -0.3 is 15.0 Å². The summed E-state index contributed by atoms with van der Waals surface area (Å²) in [6.45, 7) is 13.1. The predicted molar refractivity (Wildman–Crippen MR) is 115 cm³/mol. The zero-order valence-corrected chi connectivity index (χ0v) is 17.6. The van der Waals surface area contributed by atoms with Crippen molar-refractivity contribution < 1.29 is 4.74 Å². The summed E-state index contributed by atoms with van der Waals surface area (Å²) in [5.74, 6) is 2.26. The summed E-state index contributed by atoms with van der Waals surface area (Å²) >= 11 is 2.10. The second kappa shape index (κ2) is 10.9. The first-order valence-electron chi connectivity index (χ1n) is 10.3. The van der Waals surface area contributed by atoms with Crippen molar-refractivity contribution in [3.8, 4) is 0 Å². The van der Waals surface area contributed by atoms with Crippen LogP contribution in [0.15, 0.2) is 29.3 Å². The quantitative estimate of drug-likeness (QED) is 0.597. The Balaban J connectivity index is 1.56. The van der Waals surface area contributed by atoms with Crippen LogP contribution in [0.3, 0.4) is 0 Å². The van der Waals surface area contributed by atoms with Gasteiger partial charge in [0.05, 0.1) is 19.8 Å². The largest absolute Gasteiger partial charge is 0.379 e. The molecule has 0 aliphatic carbocycles. The Morgan fingerprint density at radius 2 is 1.89 bits per heavy atom. The average Bonchev–Trinajstić information content (AvgIpc) is 2.73. The predicted octanol–water partition coefficient (Wildman–Crippen LogP) is 2.81. The lowest BCUT2D eigenvalue weighted by Gasteiger charge is -2.34. The molecule has 0 saturated carbocycles. The highest BCUT2D eigenvalue weighted by Gasteiger charge is 2.21. The van der Waals surface area contributed by atoms with Crippen molar-refractivity contribution in [2.75, 3.05) is 51.7 Å². The highest BCUT2D eigenvalue weighted by atomic mass is 32.2. The molecule has 0 amide bonds. The molecule has 2 saturated heterocycles. The lowest BCUT2D eigenvalue weighted by atomic mass is 10.1. The monoisotopic (exact) mass is 390 g/mol. The summed E-state index contributed by atoms with van der Waals surface area (Å²) in [7, 11) is 0. The molecule has 1 aromatic carbocycles. The van der Waals surface area contributed by atoms with Gasteiger partial charge in [-0.1, -0.05) is 31.2 Å². The fourth-order valence-electron chi connectivity index (χ4n) is 3.52. The highest BCUT2D eigenvalue weighted by molar-refractivity contribution is 8.00. The van der Waals surface area contributed by atoms with Crippen molar-refractivity contribution in [3.63, 3.8) is 0 Å². The molecular formula is C21H34N4OS. The fraction of sp³-hybridized carbons (Fsp3) is 0.667. The third-order valence-electron chi connectivity index (χ3n) is 5.17. The van der Waals surface area contributed by atoms with E-state index in [2.05, 4.69) is 65.0 Å². The summed E-state index contributed by atoms with van der Waals surface area (Å²) < 4.78 is 5.43. The zero-order chi connectivity index (χ0) is 18.9. The number of rotatable bonds is 6. The Labute approximate surface area is 168 Å². The van der Waals surface area contributed by atoms with Crippen molar-refractivity contribution in [1.29, 1.82) is 0 Å². The standard InChI is InChI=1S/C21H34N4OS/c1-3-20-17-25(11-14-27-20)21(22-4-2)23-15-18-5-7-19(8-6-18)16-24-9-12-26-13-10-24/h5-8,20H,3-4,9-17H2,1-2H3,(H,22,23). The van der Waals surface area contributed by atoms with E-state index in [1.165, 1.54) is 23.3 Å². The van der Waals surface area contributed by atoms with Crippen LogP contribution >= 0.6 is 11.8 Å². The van der Waals surface area contributed by atoms with Crippen molar-refractivity contribution in [3.05, 3.63) is 35.4 Å². The highest BCUT2D eigenvalue weighted by Crippen LogP contribution is 2.21. The van der Waals surface area contributed by atoms with Crippen LogP contribution < -0.4 is 5.32 Å². The van der Waals surface area contributed by atoms with Gasteiger partial charge in [-0.25, -0.2) is 4.99 Å². The molecule has 2 aliphatic heterocycles. The van der Waals surface area contributed by atoms with Crippen LogP contribution in [0, 0.1) is 0 Å². The van der Waals surface area contributed by atoms with Crippen LogP contribution in [0.2, 0.25) is 0 Å². The van der Waals surface area contributed by atoms with E-state index in [9.17, 15) is 0 Å². The Kier molecular flexibility index (Phi) is 8.30. The van der Waals surface area contributed by atoms with Gasteiger partial charge in [0.1, 0.15) is 0 Å². The zero-order valence-electron chi connectivity index (χ0n) is 16.8. The fourth-order valence-corrected chi connectivity index (χ4v) is 4.70. The van der Waals surface area contributed by atoms with Gasteiger partial charge in [-0.3, -0.25) is 4.90 Å². The molecule has 2 aliphatic rings. The molecule has 2 heterocycles. The van der Waals surface area contributed by atoms with Crippen molar-refractivity contribution in [1.82, 2.24) is 15.1 Å². The third-order valence-corrected chi connectivity index (χ3v) is 6.54. The maximum atomic E-state index is 5.43. The summed E-state index contributed by atoms with van der Waals surface area (Å²) in [6, 6.07) is 8.95. The number of nitrogens with one attached hydrogen (secondary N) is 1. The number of hydrogen-bond donors (Lipinski definition) is 1. The van der Waals surface area contributed by atoms with E-state index >= 15 is 0 Å². The van der Waals surface area contributed by atoms with E-state index in [4.69, 9.17) is 9.73 Å². The minimum atomic E-state index is 0.724. The number of benzene rings is 1. The first-order valence-corrected chi connectivity index (χ1v) is 11.4.